The molecule has 1 heterocycles. The Labute approximate surface area is 112 Å². The maximum Gasteiger partial charge on any atom is 0.321 e. The second-order valence-corrected chi connectivity index (χ2v) is 4.47. The number of nitrogens with zero attached hydrogens (tertiary/aromatic N) is 3. The molecule has 0 aliphatic rings. The molecular formula is C14H18N4O. The number of benzene rings is 1. The molecule has 2 aromatic rings. The molecule has 0 aliphatic carbocycles. The first kappa shape index (κ1) is 13.3. The fourth-order valence-electron chi connectivity index (χ4n) is 1.73. The van der Waals surface area contributed by atoms with Crippen molar-refractivity contribution < 1.29 is 4.74 Å². The van der Waals surface area contributed by atoms with Crippen LogP contribution in [0.15, 0.2) is 18.2 Å². The van der Waals surface area contributed by atoms with Crippen LogP contribution < -0.4 is 10.5 Å². The van der Waals surface area contributed by atoms with Gasteiger partial charge in [-0.1, -0.05) is 24.6 Å². The van der Waals surface area contributed by atoms with E-state index in [2.05, 4.69) is 21.0 Å². The minimum atomic E-state index is 0.178. The molecule has 0 bridgehead atoms. The number of ether oxygens (including phenoxy) is 1. The van der Waals surface area contributed by atoms with Gasteiger partial charge in [-0.25, -0.2) is 0 Å². The van der Waals surface area contributed by atoms with Crippen molar-refractivity contribution in [3.8, 4) is 17.4 Å². The predicted molar refractivity (Wildman–Crippen MR) is 74.9 cm³/mol. The van der Waals surface area contributed by atoms with Gasteiger partial charge in [0, 0.05) is 5.56 Å². The average Bonchev–Trinajstić information content (AvgIpc) is 2.38. The van der Waals surface area contributed by atoms with Crippen molar-refractivity contribution in [1.29, 1.82) is 0 Å². The Morgan fingerprint density at radius 1 is 1.16 bits per heavy atom. The van der Waals surface area contributed by atoms with Crippen molar-refractivity contribution >= 4 is 5.95 Å². The number of anilines is 1. The predicted octanol–water partition coefficient (Wildman–Crippen LogP) is 2.53. The van der Waals surface area contributed by atoms with Gasteiger partial charge in [0.1, 0.15) is 0 Å². The fourth-order valence-corrected chi connectivity index (χ4v) is 1.73. The lowest BCUT2D eigenvalue weighted by Crippen LogP contribution is -2.06. The molecule has 0 aliphatic heterocycles. The highest BCUT2D eigenvalue weighted by Gasteiger charge is 2.10. The van der Waals surface area contributed by atoms with Crippen LogP contribution in [0.5, 0.6) is 6.01 Å². The van der Waals surface area contributed by atoms with Crippen LogP contribution in [0.4, 0.5) is 5.95 Å². The van der Waals surface area contributed by atoms with Crippen LogP contribution in [-0.2, 0) is 0 Å². The molecule has 5 nitrogen and oxygen atoms in total. The van der Waals surface area contributed by atoms with Crippen molar-refractivity contribution in [2.45, 2.75) is 27.2 Å². The molecule has 0 spiro atoms. The summed E-state index contributed by atoms with van der Waals surface area (Å²) < 4.78 is 5.43. The number of nitrogens with two attached hydrogens (primary N) is 1. The van der Waals surface area contributed by atoms with Crippen molar-refractivity contribution in [3.05, 3.63) is 29.3 Å². The summed E-state index contributed by atoms with van der Waals surface area (Å²) in [5.41, 5.74) is 8.91. The number of rotatable bonds is 4. The van der Waals surface area contributed by atoms with Gasteiger partial charge in [0.05, 0.1) is 6.61 Å². The van der Waals surface area contributed by atoms with E-state index >= 15 is 0 Å². The van der Waals surface area contributed by atoms with Crippen LogP contribution in [0.2, 0.25) is 0 Å². The Morgan fingerprint density at radius 3 is 2.68 bits per heavy atom. The van der Waals surface area contributed by atoms with E-state index in [9.17, 15) is 0 Å². The third-order valence-electron chi connectivity index (χ3n) is 2.70. The van der Waals surface area contributed by atoms with Crippen LogP contribution in [-0.4, -0.2) is 21.6 Å². The van der Waals surface area contributed by atoms with Gasteiger partial charge in [-0.15, -0.1) is 0 Å². The van der Waals surface area contributed by atoms with Crippen molar-refractivity contribution in [2.24, 2.45) is 0 Å². The van der Waals surface area contributed by atoms with Gasteiger partial charge in [0.15, 0.2) is 5.82 Å². The third-order valence-corrected chi connectivity index (χ3v) is 2.70. The molecular weight excluding hydrogens is 240 g/mol. The normalized spacial score (nSPS) is 10.5. The fraction of sp³-hybridized carbons (Fsp3) is 0.357. The highest BCUT2D eigenvalue weighted by atomic mass is 16.5. The molecule has 0 amide bonds. The van der Waals surface area contributed by atoms with Crippen LogP contribution >= 0.6 is 0 Å². The summed E-state index contributed by atoms with van der Waals surface area (Å²) >= 11 is 0. The Bertz CT molecular complexity index is 584. The van der Waals surface area contributed by atoms with E-state index in [-0.39, 0.29) is 12.0 Å². The number of nitrogen functional groups attached to an aromatic ring is 1. The standard InChI is InChI=1S/C14H18N4O/c1-4-7-19-14-17-12(16-13(15)18-14)11-8-9(2)5-6-10(11)3/h5-6,8H,4,7H2,1-3H3,(H2,15,16,17,18). The molecule has 19 heavy (non-hydrogen) atoms. The smallest absolute Gasteiger partial charge is 0.321 e. The van der Waals surface area contributed by atoms with Gasteiger partial charge in [-0.05, 0) is 31.9 Å². The summed E-state index contributed by atoms with van der Waals surface area (Å²) in [7, 11) is 0. The minimum Gasteiger partial charge on any atom is -0.463 e. The van der Waals surface area contributed by atoms with Gasteiger partial charge >= 0.3 is 6.01 Å². The second-order valence-electron chi connectivity index (χ2n) is 4.47. The first-order valence-electron chi connectivity index (χ1n) is 6.32. The Kier molecular flexibility index (Phi) is 3.94. The zero-order chi connectivity index (χ0) is 13.8. The van der Waals surface area contributed by atoms with Gasteiger partial charge in [0.25, 0.3) is 0 Å². The van der Waals surface area contributed by atoms with Gasteiger partial charge in [0.2, 0.25) is 5.95 Å². The van der Waals surface area contributed by atoms with Crippen LogP contribution in [0.25, 0.3) is 11.4 Å². The minimum absolute atomic E-state index is 0.178. The Balaban J connectivity index is 2.43. The Morgan fingerprint density at radius 2 is 1.95 bits per heavy atom. The highest BCUT2D eigenvalue weighted by molar-refractivity contribution is 5.61. The van der Waals surface area contributed by atoms with E-state index in [0.29, 0.717) is 12.4 Å². The lowest BCUT2D eigenvalue weighted by molar-refractivity contribution is 0.292. The summed E-state index contributed by atoms with van der Waals surface area (Å²) in [6.07, 6.45) is 0.893. The van der Waals surface area contributed by atoms with Crippen molar-refractivity contribution in [2.75, 3.05) is 12.3 Å². The summed E-state index contributed by atoms with van der Waals surface area (Å²) in [5, 5.41) is 0. The zero-order valence-corrected chi connectivity index (χ0v) is 11.5. The lowest BCUT2D eigenvalue weighted by atomic mass is 10.1. The SMILES string of the molecule is CCCOc1nc(N)nc(-c2cc(C)ccc2C)n1. The van der Waals surface area contributed by atoms with Crippen molar-refractivity contribution in [3.63, 3.8) is 0 Å². The molecule has 0 atom stereocenters. The molecule has 1 aromatic heterocycles. The quantitative estimate of drug-likeness (QED) is 0.912. The lowest BCUT2D eigenvalue weighted by Gasteiger charge is -2.08. The largest absolute Gasteiger partial charge is 0.463 e. The molecule has 100 valence electrons. The molecule has 0 unspecified atom stereocenters. The maximum absolute atomic E-state index is 5.71. The van der Waals surface area contributed by atoms with E-state index in [4.69, 9.17) is 10.5 Å². The summed E-state index contributed by atoms with van der Waals surface area (Å²) in [4.78, 5) is 12.5. The Hall–Kier alpha value is -2.17. The van der Waals surface area contributed by atoms with Gasteiger partial charge < -0.3 is 10.5 Å². The van der Waals surface area contributed by atoms with E-state index in [1.165, 1.54) is 0 Å². The number of hydrogen-bond donors (Lipinski definition) is 1. The van der Waals surface area contributed by atoms with E-state index in [0.717, 1.165) is 23.1 Å². The highest BCUT2D eigenvalue weighted by Crippen LogP contribution is 2.23. The summed E-state index contributed by atoms with van der Waals surface area (Å²) in [5.74, 6) is 0.733. The van der Waals surface area contributed by atoms with Crippen molar-refractivity contribution in [1.82, 2.24) is 15.0 Å². The summed E-state index contributed by atoms with van der Waals surface area (Å²) in [6.45, 7) is 6.63. The molecule has 1 aromatic carbocycles. The topological polar surface area (TPSA) is 73.9 Å². The molecule has 0 fully saturated rings. The molecule has 2 N–H and O–H groups in total. The molecule has 5 heteroatoms. The zero-order valence-electron chi connectivity index (χ0n) is 11.5. The number of aryl methyl sites for hydroxylation is 2. The van der Waals surface area contributed by atoms with E-state index in [1.807, 2.05) is 32.9 Å². The average molecular weight is 258 g/mol. The second kappa shape index (κ2) is 5.65. The first-order valence-corrected chi connectivity index (χ1v) is 6.32. The van der Waals surface area contributed by atoms with E-state index in [1.54, 1.807) is 0 Å². The first-order chi connectivity index (χ1) is 9.10. The number of hydrogen-bond acceptors (Lipinski definition) is 5. The number of aromatic nitrogens is 3. The molecule has 0 radical (unpaired) electrons. The monoisotopic (exact) mass is 258 g/mol. The van der Waals surface area contributed by atoms with E-state index < -0.39 is 0 Å². The summed E-state index contributed by atoms with van der Waals surface area (Å²) in [6, 6.07) is 6.41. The molecule has 2 rings (SSSR count). The van der Waals surface area contributed by atoms with Crippen LogP contribution in [0, 0.1) is 13.8 Å². The van der Waals surface area contributed by atoms with Crippen LogP contribution in [0.1, 0.15) is 24.5 Å². The maximum atomic E-state index is 5.71. The third kappa shape index (κ3) is 3.19. The van der Waals surface area contributed by atoms with Crippen LogP contribution in [0.3, 0.4) is 0 Å². The molecule has 0 saturated heterocycles. The van der Waals surface area contributed by atoms with Gasteiger partial charge in [-0.3, -0.25) is 0 Å². The van der Waals surface area contributed by atoms with Gasteiger partial charge in [-0.2, -0.15) is 15.0 Å². The molecule has 0 saturated carbocycles.